The molecule has 0 N–H and O–H groups in total. The van der Waals surface area contributed by atoms with Gasteiger partial charge in [-0.25, -0.2) is 4.79 Å². The van der Waals surface area contributed by atoms with E-state index in [1.165, 1.54) is 69.1 Å². The average Bonchev–Trinajstić information content (AvgIpc) is 3.44. The van der Waals surface area contributed by atoms with Crippen LogP contribution in [0.3, 0.4) is 0 Å². The van der Waals surface area contributed by atoms with Crippen LogP contribution in [0.25, 0.3) is 10.4 Å². The maximum atomic E-state index is 12.6. The van der Waals surface area contributed by atoms with E-state index in [0.29, 0.717) is 17.2 Å². The topological polar surface area (TPSA) is 44.8 Å². The number of esters is 1. The van der Waals surface area contributed by atoms with Crippen LogP contribution in [0.5, 0.6) is 17.2 Å². The Hall–Kier alpha value is -2.79. The molecule has 1 aromatic heterocycles. The van der Waals surface area contributed by atoms with E-state index in [4.69, 9.17) is 14.2 Å². The van der Waals surface area contributed by atoms with E-state index in [0.717, 1.165) is 47.8 Å². The van der Waals surface area contributed by atoms with E-state index in [-0.39, 0.29) is 5.97 Å². The van der Waals surface area contributed by atoms with Crippen molar-refractivity contribution in [2.75, 3.05) is 13.2 Å². The van der Waals surface area contributed by atoms with Gasteiger partial charge in [-0.2, -0.15) is 0 Å². The Morgan fingerprint density at radius 1 is 0.579 bits per heavy atom. The summed E-state index contributed by atoms with van der Waals surface area (Å²) in [5, 5.41) is 0. The van der Waals surface area contributed by atoms with Crippen molar-refractivity contribution in [3.8, 4) is 27.7 Å². The number of rotatable bonds is 19. The molecule has 0 aliphatic rings. The SMILES string of the molecule is CCCCCCCCCCCCOc1ccc(-c2ccc(C(=O)Oc3ccc(OCCCC)cc3)s2)cc1. The molecule has 1 heterocycles. The summed E-state index contributed by atoms with van der Waals surface area (Å²) in [7, 11) is 0. The largest absolute Gasteiger partial charge is 0.494 e. The zero-order chi connectivity index (χ0) is 26.8. The summed E-state index contributed by atoms with van der Waals surface area (Å²) in [5.74, 6) is 1.84. The predicted molar refractivity (Wildman–Crippen MR) is 159 cm³/mol. The number of carbonyl (C=O) groups excluding carboxylic acids is 1. The second-order valence-electron chi connectivity index (χ2n) is 9.78. The van der Waals surface area contributed by atoms with Gasteiger partial charge >= 0.3 is 5.97 Å². The van der Waals surface area contributed by atoms with Crippen LogP contribution in [0.4, 0.5) is 0 Å². The maximum absolute atomic E-state index is 12.6. The highest BCUT2D eigenvalue weighted by Crippen LogP contribution is 2.30. The summed E-state index contributed by atoms with van der Waals surface area (Å²) in [5.41, 5.74) is 1.06. The van der Waals surface area contributed by atoms with Crippen LogP contribution >= 0.6 is 11.3 Å². The van der Waals surface area contributed by atoms with Gasteiger partial charge in [-0.05, 0) is 79.1 Å². The number of benzene rings is 2. The fourth-order valence-electron chi connectivity index (χ4n) is 4.19. The molecular formula is C33H44O4S. The Morgan fingerprint density at radius 2 is 1.08 bits per heavy atom. The monoisotopic (exact) mass is 536 g/mol. The number of hydrogen-bond donors (Lipinski definition) is 0. The third-order valence-electron chi connectivity index (χ3n) is 6.51. The zero-order valence-electron chi connectivity index (χ0n) is 23.2. The molecule has 0 aliphatic carbocycles. The van der Waals surface area contributed by atoms with Gasteiger partial charge in [-0.3, -0.25) is 0 Å². The summed E-state index contributed by atoms with van der Waals surface area (Å²) in [6.45, 7) is 5.85. The first kappa shape index (κ1) is 29.8. The van der Waals surface area contributed by atoms with Gasteiger partial charge in [-0.1, -0.05) is 78.1 Å². The highest BCUT2D eigenvalue weighted by molar-refractivity contribution is 7.17. The van der Waals surface area contributed by atoms with Crippen molar-refractivity contribution in [1.82, 2.24) is 0 Å². The van der Waals surface area contributed by atoms with Gasteiger partial charge in [-0.15, -0.1) is 11.3 Å². The quantitative estimate of drug-likeness (QED) is 0.0868. The Labute approximate surface area is 233 Å². The molecule has 0 spiro atoms. The van der Waals surface area contributed by atoms with Gasteiger partial charge in [0.25, 0.3) is 0 Å². The van der Waals surface area contributed by atoms with Crippen molar-refractivity contribution >= 4 is 17.3 Å². The maximum Gasteiger partial charge on any atom is 0.353 e. The molecule has 0 atom stereocenters. The molecule has 0 radical (unpaired) electrons. The van der Waals surface area contributed by atoms with E-state index in [1.807, 2.05) is 48.5 Å². The molecule has 206 valence electrons. The molecule has 38 heavy (non-hydrogen) atoms. The first-order valence-electron chi connectivity index (χ1n) is 14.5. The van der Waals surface area contributed by atoms with E-state index in [9.17, 15) is 4.79 Å². The fraction of sp³-hybridized carbons (Fsp3) is 0.485. The highest BCUT2D eigenvalue weighted by Gasteiger charge is 2.13. The van der Waals surface area contributed by atoms with Crippen LogP contribution in [-0.4, -0.2) is 19.2 Å². The summed E-state index contributed by atoms with van der Waals surface area (Å²) < 4.78 is 17.1. The number of unbranched alkanes of at least 4 members (excludes halogenated alkanes) is 10. The second-order valence-corrected chi connectivity index (χ2v) is 10.9. The van der Waals surface area contributed by atoms with Gasteiger partial charge in [0.1, 0.15) is 22.1 Å². The minimum absolute atomic E-state index is 0.350. The number of ether oxygens (including phenoxy) is 3. The lowest BCUT2D eigenvalue weighted by Gasteiger charge is -2.07. The molecule has 0 bridgehead atoms. The molecule has 0 saturated heterocycles. The van der Waals surface area contributed by atoms with Crippen LogP contribution in [0.15, 0.2) is 60.7 Å². The van der Waals surface area contributed by atoms with Gasteiger partial charge in [0.2, 0.25) is 0 Å². The molecule has 0 amide bonds. The molecule has 5 heteroatoms. The van der Waals surface area contributed by atoms with E-state index in [1.54, 1.807) is 12.1 Å². The number of hydrogen-bond acceptors (Lipinski definition) is 5. The predicted octanol–water partition coefficient (Wildman–Crippen LogP) is 10.1. The summed E-state index contributed by atoms with van der Waals surface area (Å²) >= 11 is 1.43. The summed E-state index contributed by atoms with van der Waals surface area (Å²) in [6.07, 6.45) is 15.3. The Kier molecular flexibility index (Phi) is 13.8. The Morgan fingerprint density at radius 3 is 1.68 bits per heavy atom. The Balaban J connectivity index is 1.35. The third-order valence-corrected chi connectivity index (χ3v) is 7.63. The molecule has 2 aromatic carbocycles. The molecule has 3 aromatic rings. The average molecular weight is 537 g/mol. The van der Waals surface area contributed by atoms with Crippen molar-refractivity contribution in [1.29, 1.82) is 0 Å². The van der Waals surface area contributed by atoms with Crippen LogP contribution in [0, 0.1) is 0 Å². The molecule has 0 fully saturated rings. The van der Waals surface area contributed by atoms with Crippen LogP contribution in [0.1, 0.15) is 101 Å². The normalized spacial score (nSPS) is 10.9. The third kappa shape index (κ3) is 10.9. The van der Waals surface area contributed by atoms with Crippen LogP contribution < -0.4 is 14.2 Å². The van der Waals surface area contributed by atoms with E-state index >= 15 is 0 Å². The molecule has 3 rings (SSSR count). The van der Waals surface area contributed by atoms with Crippen LogP contribution in [-0.2, 0) is 0 Å². The number of thiophene rings is 1. The first-order chi connectivity index (χ1) is 18.7. The zero-order valence-corrected chi connectivity index (χ0v) is 24.0. The lowest BCUT2D eigenvalue weighted by Crippen LogP contribution is -2.06. The van der Waals surface area contributed by atoms with Crippen molar-refractivity contribution in [3.63, 3.8) is 0 Å². The van der Waals surface area contributed by atoms with Gasteiger partial charge in [0.05, 0.1) is 13.2 Å². The summed E-state index contributed by atoms with van der Waals surface area (Å²) in [4.78, 5) is 14.2. The van der Waals surface area contributed by atoms with Crippen molar-refractivity contribution in [3.05, 3.63) is 65.5 Å². The van der Waals surface area contributed by atoms with Crippen LogP contribution in [0.2, 0.25) is 0 Å². The molecule has 0 saturated carbocycles. The van der Waals surface area contributed by atoms with E-state index in [2.05, 4.69) is 13.8 Å². The molecule has 0 aliphatic heterocycles. The lowest BCUT2D eigenvalue weighted by atomic mass is 10.1. The van der Waals surface area contributed by atoms with Crippen molar-refractivity contribution < 1.29 is 19.0 Å². The smallest absolute Gasteiger partial charge is 0.353 e. The van der Waals surface area contributed by atoms with Gasteiger partial charge in [0, 0.05) is 4.88 Å². The lowest BCUT2D eigenvalue weighted by molar-refractivity contribution is 0.0739. The molecular weight excluding hydrogens is 492 g/mol. The highest BCUT2D eigenvalue weighted by atomic mass is 32.1. The molecule has 0 unspecified atom stereocenters. The first-order valence-corrected chi connectivity index (χ1v) is 15.3. The molecule has 4 nitrogen and oxygen atoms in total. The Bertz CT molecular complexity index is 1040. The minimum atomic E-state index is -0.350. The van der Waals surface area contributed by atoms with Gasteiger partial charge in [0.15, 0.2) is 0 Å². The summed E-state index contributed by atoms with van der Waals surface area (Å²) in [6, 6.07) is 19.1. The van der Waals surface area contributed by atoms with E-state index < -0.39 is 0 Å². The van der Waals surface area contributed by atoms with Gasteiger partial charge < -0.3 is 14.2 Å². The standard InChI is InChI=1S/C33H44O4S/c1-3-5-7-8-9-10-11-12-13-14-26-36-28-17-15-27(16-18-28)31-23-24-32(38-31)33(34)37-30-21-19-29(20-22-30)35-25-6-4-2/h15-24H,3-14,25-26H2,1-2H3. The minimum Gasteiger partial charge on any atom is -0.494 e. The van der Waals surface area contributed by atoms with Crippen molar-refractivity contribution in [2.24, 2.45) is 0 Å². The van der Waals surface area contributed by atoms with Crippen molar-refractivity contribution in [2.45, 2.75) is 90.9 Å². The number of carbonyl (C=O) groups is 1. The second kappa shape index (κ2) is 17.7. The fourth-order valence-corrected chi connectivity index (χ4v) is 5.08.